The Morgan fingerprint density at radius 1 is 1.26 bits per heavy atom. The normalized spacial score (nSPS) is 11.6. The maximum Gasteiger partial charge on any atom is 0.312 e. The topological polar surface area (TPSA) is 60.7 Å². The Kier molecular flexibility index (Phi) is 5.90. The molecule has 0 saturated heterocycles. The van der Waals surface area contributed by atoms with Gasteiger partial charge in [0.15, 0.2) is 4.80 Å². The van der Waals surface area contributed by atoms with Crippen LogP contribution in [0.1, 0.15) is 36.4 Å². The Hall–Kier alpha value is -1.73. The number of carbonyl (C=O) groups excluding carboxylic acids is 2. The molecular formula is C16H17BrN2O3S. The zero-order valence-electron chi connectivity index (χ0n) is 13.1. The number of ether oxygens (including phenoxy) is 1. The van der Waals surface area contributed by atoms with Gasteiger partial charge in [-0.05, 0) is 35.0 Å². The van der Waals surface area contributed by atoms with E-state index in [1.54, 1.807) is 20.8 Å². The number of thiazole rings is 1. The van der Waals surface area contributed by atoms with Crippen molar-refractivity contribution in [2.24, 2.45) is 4.99 Å². The lowest BCUT2D eigenvalue weighted by atomic mass is 10.3. The lowest BCUT2D eigenvalue weighted by Gasteiger charge is -2.07. The van der Waals surface area contributed by atoms with Gasteiger partial charge in [0.2, 0.25) is 11.8 Å². The van der Waals surface area contributed by atoms with Crippen LogP contribution < -0.4 is 9.54 Å². The number of halogens is 1. The molecule has 0 unspecified atom stereocenters. The van der Waals surface area contributed by atoms with Crippen molar-refractivity contribution in [2.75, 3.05) is 0 Å². The first-order valence-electron chi connectivity index (χ1n) is 7.23. The number of rotatable bonds is 4. The van der Waals surface area contributed by atoms with Gasteiger partial charge in [0.25, 0.3) is 0 Å². The van der Waals surface area contributed by atoms with E-state index in [0.717, 1.165) is 9.35 Å². The van der Waals surface area contributed by atoms with E-state index >= 15 is 0 Å². The van der Waals surface area contributed by atoms with Gasteiger partial charge in [-0.2, -0.15) is 0 Å². The van der Waals surface area contributed by atoms with Gasteiger partial charge in [0.1, 0.15) is 0 Å². The van der Waals surface area contributed by atoms with Crippen molar-refractivity contribution in [3.63, 3.8) is 0 Å². The molecule has 5 nitrogen and oxygen atoms in total. The minimum atomic E-state index is -0.379. The van der Waals surface area contributed by atoms with Gasteiger partial charge in [0.05, 0.1) is 10.6 Å². The van der Waals surface area contributed by atoms with E-state index in [9.17, 15) is 9.59 Å². The van der Waals surface area contributed by atoms with E-state index in [0.29, 0.717) is 10.5 Å². The minimum absolute atomic E-state index is 0.168. The second-order valence-corrected chi connectivity index (χ2v) is 6.76. The molecule has 0 fully saturated rings. The third kappa shape index (κ3) is 3.97. The van der Waals surface area contributed by atoms with Crippen LogP contribution in [0.2, 0.25) is 0 Å². The fourth-order valence-corrected chi connectivity index (χ4v) is 3.15. The SMILES string of the molecule is CCC(=O)Oc1c(C)sc(=Nc2ccccc2Br)n1C(=O)CC. The van der Waals surface area contributed by atoms with Gasteiger partial charge in [-0.25, -0.2) is 9.56 Å². The van der Waals surface area contributed by atoms with Gasteiger partial charge in [-0.3, -0.25) is 9.59 Å². The van der Waals surface area contributed by atoms with E-state index in [2.05, 4.69) is 20.9 Å². The van der Waals surface area contributed by atoms with Gasteiger partial charge >= 0.3 is 5.97 Å². The summed E-state index contributed by atoms with van der Waals surface area (Å²) in [6, 6.07) is 7.48. The van der Waals surface area contributed by atoms with Crippen LogP contribution in [0.5, 0.6) is 5.88 Å². The Balaban J connectivity index is 2.65. The van der Waals surface area contributed by atoms with Crippen LogP contribution in [-0.2, 0) is 4.79 Å². The van der Waals surface area contributed by atoms with Gasteiger partial charge in [-0.15, -0.1) is 0 Å². The molecule has 1 aromatic heterocycles. The molecule has 1 aromatic carbocycles. The van der Waals surface area contributed by atoms with Crippen LogP contribution in [0.25, 0.3) is 0 Å². The molecule has 0 radical (unpaired) electrons. The van der Waals surface area contributed by atoms with Crippen molar-refractivity contribution in [3.8, 4) is 5.88 Å². The maximum absolute atomic E-state index is 12.3. The summed E-state index contributed by atoms with van der Waals surface area (Å²) in [5.74, 6) is -0.283. The zero-order valence-corrected chi connectivity index (χ0v) is 15.5. The second kappa shape index (κ2) is 7.70. The van der Waals surface area contributed by atoms with Crippen molar-refractivity contribution < 1.29 is 14.3 Å². The molecule has 1 heterocycles. The standard InChI is InChI=1S/C16H17BrN2O3S/c1-4-13(20)19-15(22-14(21)5-2)10(3)23-16(19)18-12-9-7-6-8-11(12)17/h6-9H,4-5H2,1-3H3. The number of esters is 1. The van der Waals surface area contributed by atoms with Crippen molar-refractivity contribution >= 4 is 44.8 Å². The number of benzene rings is 1. The predicted octanol–water partition coefficient (Wildman–Crippen LogP) is 4.22. The fourth-order valence-electron chi connectivity index (χ4n) is 1.86. The molecule has 0 amide bonds. The largest absolute Gasteiger partial charge is 0.408 e. The molecule has 0 aliphatic carbocycles. The van der Waals surface area contributed by atoms with Crippen LogP contribution >= 0.6 is 27.3 Å². The predicted molar refractivity (Wildman–Crippen MR) is 93.3 cm³/mol. The van der Waals surface area contributed by atoms with Crippen LogP contribution in [0.15, 0.2) is 33.7 Å². The molecule has 2 rings (SSSR count). The van der Waals surface area contributed by atoms with E-state index in [4.69, 9.17) is 4.74 Å². The zero-order chi connectivity index (χ0) is 17.0. The number of carbonyl (C=O) groups is 2. The quantitative estimate of drug-likeness (QED) is 0.726. The lowest BCUT2D eigenvalue weighted by Crippen LogP contribution is -2.24. The first kappa shape index (κ1) is 17.6. The summed E-state index contributed by atoms with van der Waals surface area (Å²) < 4.78 is 7.55. The van der Waals surface area contributed by atoms with Crippen LogP contribution in [0, 0.1) is 6.92 Å². The summed E-state index contributed by atoms with van der Waals surface area (Å²) in [6.45, 7) is 5.28. The van der Waals surface area contributed by atoms with Crippen molar-refractivity contribution in [2.45, 2.75) is 33.6 Å². The fraction of sp³-hybridized carbons (Fsp3) is 0.312. The summed E-state index contributed by atoms with van der Waals surface area (Å²) in [5.41, 5.74) is 0.708. The highest BCUT2D eigenvalue weighted by molar-refractivity contribution is 9.10. The summed E-state index contributed by atoms with van der Waals surface area (Å²) in [7, 11) is 0. The highest BCUT2D eigenvalue weighted by Crippen LogP contribution is 2.26. The molecule has 0 aliphatic rings. The van der Waals surface area contributed by atoms with Crippen molar-refractivity contribution in [1.29, 1.82) is 0 Å². The van der Waals surface area contributed by atoms with Gasteiger partial charge in [-0.1, -0.05) is 37.3 Å². The van der Waals surface area contributed by atoms with Crippen molar-refractivity contribution in [1.82, 2.24) is 4.57 Å². The molecule has 0 spiro atoms. The molecule has 23 heavy (non-hydrogen) atoms. The smallest absolute Gasteiger partial charge is 0.312 e. The van der Waals surface area contributed by atoms with Gasteiger partial charge in [0, 0.05) is 17.3 Å². The van der Waals surface area contributed by atoms with Crippen LogP contribution in [0.4, 0.5) is 5.69 Å². The molecule has 0 aliphatic heterocycles. The first-order valence-corrected chi connectivity index (χ1v) is 8.84. The second-order valence-electron chi connectivity index (χ2n) is 4.72. The molecule has 0 atom stereocenters. The maximum atomic E-state index is 12.3. The molecular weight excluding hydrogens is 380 g/mol. The number of nitrogens with zero attached hydrogens (tertiary/aromatic N) is 2. The average Bonchev–Trinajstić information content (AvgIpc) is 2.84. The molecule has 0 bridgehead atoms. The Morgan fingerprint density at radius 3 is 2.57 bits per heavy atom. The summed E-state index contributed by atoms with van der Waals surface area (Å²) >= 11 is 4.76. The molecule has 122 valence electrons. The number of hydrogen-bond acceptors (Lipinski definition) is 5. The average molecular weight is 397 g/mol. The highest BCUT2D eigenvalue weighted by atomic mass is 79.9. The third-order valence-corrected chi connectivity index (χ3v) is 4.67. The number of hydrogen-bond donors (Lipinski definition) is 0. The number of aromatic nitrogens is 1. The van der Waals surface area contributed by atoms with Crippen LogP contribution in [-0.4, -0.2) is 16.4 Å². The summed E-state index contributed by atoms with van der Waals surface area (Å²) in [6.07, 6.45) is 0.530. The van der Waals surface area contributed by atoms with E-state index in [1.165, 1.54) is 15.9 Å². The van der Waals surface area contributed by atoms with Crippen molar-refractivity contribution in [3.05, 3.63) is 38.4 Å². The summed E-state index contributed by atoms with van der Waals surface area (Å²) in [5, 5.41) is 0. The van der Waals surface area contributed by atoms with Gasteiger partial charge < -0.3 is 4.74 Å². The van der Waals surface area contributed by atoms with Crippen LogP contribution in [0.3, 0.4) is 0 Å². The molecule has 0 N–H and O–H groups in total. The Bertz CT molecular complexity index is 808. The Morgan fingerprint density at radius 2 is 1.96 bits per heavy atom. The highest BCUT2D eigenvalue weighted by Gasteiger charge is 2.19. The molecule has 0 saturated carbocycles. The monoisotopic (exact) mass is 396 g/mol. The number of para-hydroxylation sites is 1. The molecule has 7 heteroatoms. The number of aryl methyl sites for hydroxylation is 1. The molecule has 2 aromatic rings. The van der Waals surface area contributed by atoms with E-state index in [-0.39, 0.29) is 30.6 Å². The minimum Gasteiger partial charge on any atom is -0.408 e. The first-order chi connectivity index (χ1) is 11.0. The lowest BCUT2D eigenvalue weighted by molar-refractivity contribution is -0.134. The van der Waals surface area contributed by atoms with E-state index < -0.39 is 0 Å². The Labute approximate surface area is 146 Å². The van der Waals surface area contributed by atoms with E-state index in [1.807, 2.05) is 24.3 Å². The third-order valence-electron chi connectivity index (χ3n) is 3.06. The summed E-state index contributed by atoms with van der Waals surface area (Å²) in [4.78, 5) is 29.7.